The highest BCUT2D eigenvalue weighted by molar-refractivity contribution is 7.98. The van der Waals surface area contributed by atoms with Crippen molar-refractivity contribution in [1.29, 1.82) is 0 Å². The second kappa shape index (κ2) is 8.49. The van der Waals surface area contributed by atoms with Gasteiger partial charge in [0.2, 0.25) is 0 Å². The van der Waals surface area contributed by atoms with Crippen molar-refractivity contribution in [2.24, 2.45) is 0 Å². The van der Waals surface area contributed by atoms with Crippen molar-refractivity contribution in [3.8, 4) is 11.4 Å². The van der Waals surface area contributed by atoms with Crippen LogP contribution in [0.3, 0.4) is 0 Å². The number of thioether (sulfide) groups is 1. The first kappa shape index (κ1) is 19.2. The molecule has 0 aliphatic carbocycles. The van der Waals surface area contributed by atoms with Gasteiger partial charge in [0.05, 0.1) is 28.9 Å². The van der Waals surface area contributed by atoms with Crippen LogP contribution >= 0.6 is 11.8 Å². The predicted octanol–water partition coefficient (Wildman–Crippen LogP) is 4.86. The number of rotatable bonds is 6. The molecule has 2 aromatic carbocycles. The average Bonchev–Trinajstić information content (AvgIpc) is 2.73. The maximum atomic E-state index is 13.2. The van der Waals surface area contributed by atoms with Crippen molar-refractivity contribution >= 4 is 22.7 Å². The van der Waals surface area contributed by atoms with Crippen molar-refractivity contribution in [2.75, 3.05) is 0 Å². The molecule has 2 aromatic heterocycles. The predicted molar refractivity (Wildman–Crippen MR) is 117 cm³/mol. The minimum absolute atomic E-state index is 0.0909. The van der Waals surface area contributed by atoms with Crippen LogP contribution in [0.2, 0.25) is 0 Å². The fourth-order valence-corrected chi connectivity index (χ4v) is 3.98. The summed E-state index contributed by atoms with van der Waals surface area (Å²) in [7, 11) is 0. The highest BCUT2D eigenvalue weighted by Gasteiger charge is 2.13. The number of para-hydroxylation sites is 1. The molecule has 0 saturated carbocycles. The van der Waals surface area contributed by atoms with Gasteiger partial charge < -0.3 is 4.74 Å². The summed E-state index contributed by atoms with van der Waals surface area (Å²) in [5, 5.41) is 1.24. The Labute approximate surface area is 173 Å². The quantitative estimate of drug-likeness (QED) is 0.340. The van der Waals surface area contributed by atoms with Gasteiger partial charge in [-0.25, -0.2) is 4.98 Å². The molecule has 0 spiro atoms. The van der Waals surface area contributed by atoms with Gasteiger partial charge in [-0.2, -0.15) is 0 Å². The number of aromatic nitrogens is 3. The Bertz CT molecular complexity index is 1170. The summed E-state index contributed by atoms with van der Waals surface area (Å²) in [6.07, 6.45) is 3.52. The highest BCUT2D eigenvalue weighted by Crippen LogP contribution is 2.25. The lowest BCUT2D eigenvalue weighted by atomic mass is 10.2. The Balaban J connectivity index is 1.68. The van der Waals surface area contributed by atoms with Crippen LogP contribution in [0.15, 0.2) is 83.0 Å². The van der Waals surface area contributed by atoms with Crippen molar-refractivity contribution in [3.63, 3.8) is 0 Å². The molecule has 0 fully saturated rings. The van der Waals surface area contributed by atoms with Gasteiger partial charge in [-0.3, -0.25) is 14.3 Å². The van der Waals surface area contributed by atoms with Crippen molar-refractivity contribution < 1.29 is 4.74 Å². The van der Waals surface area contributed by atoms with Gasteiger partial charge in [-0.05, 0) is 55.8 Å². The first-order valence-electron chi connectivity index (χ1n) is 9.42. The molecule has 5 nitrogen and oxygen atoms in total. The van der Waals surface area contributed by atoms with Crippen molar-refractivity contribution in [1.82, 2.24) is 14.5 Å². The molecule has 0 aliphatic rings. The molecule has 0 N–H and O–H groups in total. The maximum absolute atomic E-state index is 13.2. The second-order valence-corrected chi connectivity index (χ2v) is 7.81. The third-order valence-electron chi connectivity index (χ3n) is 4.31. The molecule has 4 rings (SSSR count). The average molecular weight is 404 g/mol. The molecule has 0 bridgehead atoms. The van der Waals surface area contributed by atoms with Crippen LogP contribution in [0.4, 0.5) is 0 Å². The zero-order chi connectivity index (χ0) is 20.2. The maximum Gasteiger partial charge on any atom is 0.266 e. The topological polar surface area (TPSA) is 57.0 Å². The monoisotopic (exact) mass is 403 g/mol. The summed E-state index contributed by atoms with van der Waals surface area (Å²) in [4.78, 5) is 22.1. The third-order valence-corrected chi connectivity index (χ3v) is 5.32. The second-order valence-electron chi connectivity index (χ2n) is 6.86. The van der Waals surface area contributed by atoms with E-state index in [1.54, 1.807) is 23.0 Å². The smallest absolute Gasteiger partial charge is 0.266 e. The van der Waals surface area contributed by atoms with E-state index in [1.165, 1.54) is 11.8 Å². The van der Waals surface area contributed by atoms with Crippen molar-refractivity contribution in [3.05, 3.63) is 89.0 Å². The van der Waals surface area contributed by atoms with Crippen LogP contribution in [-0.2, 0) is 5.75 Å². The molecule has 0 unspecified atom stereocenters. The summed E-state index contributed by atoms with van der Waals surface area (Å²) in [6.45, 7) is 4.01. The number of pyridine rings is 1. The van der Waals surface area contributed by atoms with E-state index in [-0.39, 0.29) is 11.7 Å². The summed E-state index contributed by atoms with van der Waals surface area (Å²) >= 11 is 1.53. The molecule has 29 heavy (non-hydrogen) atoms. The van der Waals surface area contributed by atoms with Gasteiger partial charge in [-0.1, -0.05) is 36.0 Å². The number of hydrogen-bond acceptors (Lipinski definition) is 5. The van der Waals surface area contributed by atoms with E-state index in [4.69, 9.17) is 9.72 Å². The normalized spacial score (nSPS) is 11.1. The molecule has 0 amide bonds. The van der Waals surface area contributed by atoms with Gasteiger partial charge in [0.1, 0.15) is 5.75 Å². The van der Waals surface area contributed by atoms with E-state index < -0.39 is 0 Å². The Hall–Kier alpha value is -3.12. The number of ether oxygens (including phenoxy) is 1. The minimum Gasteiger partial charge on any atom is -0.491 e. The summed E-state index contributed by atoms with van der Waals surface area (Å²) in [5.41, 5.74) is 2.44. The lowest BCUT2D eigenvalue weighted by molar-refractivity contribution is 0.242. The summed E-state index contributed by atoms with van der Waals surface area (Å²) in [6, 6.07) is 19.1. The van der Waals surface area contributed by atoms with Crippen LogP contribution < -0.4 is 10.3 Å². The van der Waals surface area contributed by atoms with Gasteiger partial charge >= 0.3 is 0 Å². The van der Waals surface area contributed by atoms with E-state index in [0.29, 0.717) is 27.5 Å². The molecule has 0 saturated heterocycles. The first-order valence-corrected chi connectivity index (χ1v) is 10.4. The third kappa shape index (κ3) is 4.32. The molecular weight excluding hydrogens is 382 g/mol. The number of fused-ring (bicyclic) bond motifs is 1. The number of hydrogen-bond donors (Lipinski definition) is 0. The van der Waals surface area contributed by atoms with Crippen LogP contribution in [0.25, 0.3) is 16.6 Å². The molecule has 0 atom stereocenters. The van der Waals surface area contributed by atoms with Gasteiger partial charge in [0.25, 0.3) is 5.56 Å². The number of nitrogens with zero attached hydrogens (tertiary/aromatic N) is 3. The summed E-state index contributed by atoms with van der Waals surface area (Å²) < 4.78 is 7.34. The zero-order valence-corrected chi connectivity index (χ0v) is 17.1. The molecule has 2 heterocycles. The molecule has 4 aromatic rings. The van der Waals surface area contributed by atoms with E-state index in [2.05, 4.69) is 4.98 Å². The number of benzene rings is 2. The molecule has 6 heteroatoms. The van der Waals surface area contributed by atoms with Crippen LogP contribution in [0, 0.1) is 0 Å². The van der Waals surface area contributed by atoms with Crippen LogP contribution in [0.1, 0.15) is 19.4 Å². The van der Waals surface area contributed by atoms with E-state index in [1.807, 2.05) is 68.4 Å². The standard InChI is InChI=1S/C23H21N3O2S/c1-16(2)28-19-11-9-17(10-12-19)15-29-23-25-21-8-4-3-7-20(21)22(27)26(23)18-6-5-13-24-14-18/h3-14,16H,15H2,1-2H3. The van der Waals surface area contributed by atoms with E-state index in [9.17, 15) is 4.79 Å². The highest BCUT2D eigenvalue weighted by atomic mass is 32.2. The Morgan fingerprint density at radius 2 is 1.83 bits per heavy atom. The Morgan fingerprint density at radius 1 is 1.03 bits per heavy atom. The fourth-order valence-electron chi connectivity index (χ4n) is 3.01. The van der Waals surface area contributed by atoms with E-state index in [0.717, 1.165) is 11.3 Å². The largest absolute Gasteiger partial charge is 0.491 e. The minimum atomic E-state index is -0.0909. The zero-order valence-electron chi connectivity index (χ0n) is 16.3. The molecule has 0 radical (unpaired) electrons. The lowest BCUT2D eigenvalue weighted by Gasteiger charge is -2.13. The Morgan fingerprint density at radius 3 is 2.55 bits per heavy atom. The molecule has 146 valence electrons. The van der Waals surface area contributed by atoms with E-state index >= 15 is 0 Å². The van der Waals surface area contributed by atoms with Crippen molar-refractivity contribution in [2.45, 2.75) is 30.9 Å². The first-order chi connectivity index (χ1) is 14.1. The van der Waals surface area contributed by atoms with Gasteiger partial charge in [-0.15, -0.1) is 0 Å². The van der Waals surface area contributed by atoms with Gasteiger partial charge in [0.15, 0.2) is 5.16 Å². The van der Waals surface area contributed by atoms with Gasteiger partial charge in [0, 0.05) is 11.9 Å². The summed E-state index contributed by atoms with van der Waals surface area (Å²) in [5.74, 6) is 1.54. The lowest BCUT2D eigenvalue weighted by Crippen LogP contribution is -2.21. The SMILES string of the molecule is CC(C)Oc1ccc(CSc2nc3ccccc3c(=O)n2-c2cccnc2)cc1. The fraction of sp³-hybridized carbons (Fsp3) is 0.174. The van der Waals surface area contributed by atoms with Crippen LogP contribution in [0.5, 0.6) is 5.75 Å². The Kier molecular flexibility index (Phi) is 5.62. The van der Waals surface area contributed by atoms with Crippen LogP contribution in [-0.4, -0.2) is 20.6 Å². The molecular formula is C23H21N3O2S. The molecule has 0 aliphatic heterocycles.